The maximum atomic E-state index is 14.3. The number of nitrogens with zero attached hydrogens (tertiary/aromatic N) is 3. The number of carbonyl (C=O) groups excluding carboxylic acids is 1. The summed E-state index contributed by atoms with van der Waals surface area (Å²) in [7, 11) is 0. The van der Waals surface area contributed by atoms with Gasteiger partial charge >= 0.3 is 6.03 Å². The molecule has 0 fully saturated rings. The second-order valence-corrected chi connectivity index (χ2v) is 10.8. The quantitative estimate of drug-likeness (QED) is 0.165. The second-order valence-electron chi connectivity index (χ2n) is 9.01. The van der Waals surface area contributed by atoms with Crippen LogP contribution in [0, 0.1) is 11.6 Å². The molecule has 0 aliphatic heterocycles. The minimum atomic E-state index is -0.691. The van der Waals surface area contributed by atoms with E-state index in [0.29, 0.717) is 38.9 Å². The Morgan fingerprint density at radius 1 is 0.878 bits per heavy atom. The Morgan fingerprint density at radius 2 is 1.61 bits per heavy atom. The number of hydrogen-bond acceptors (Lipinski definition) is 4. The summed E-state index contributed by atoms with van der Waals surface area (Å²) in [5.74, 6) is 0.00983. The summed E-state index contributed by atoms with van der Waals surface area (Å²) in [6.45, 7) is 0. The first-order valence-electron chi connectivity index (χ1n) is 12.5. The summed E-state index contributed by atoms with van der Waals surface area (Å²) in [5, 5.41) is 15.7. The lowest BCUT2D eigenvalue weighted by Gasteiger charge is -2.21. The van der Waals surface area contributed by atoms with Crippen LogP contribution in [0.4, 0.5) is 19.3 Å². The number of benzene rings is 4. The van der Waals surface area contributed by atoms with Gasteiger partial charge in [0, 0.05) is 17.2 Å². The van der Waals surface area contributed by atoms with Crippen molar-refractivity contribution in [2.75, 3.05) is 5.32 Å². The van der Waals surface area contributed by atoms with Crippen molar-refractivity contribution in [3.05, 3.63) is 136 Å². The van der Waals surface area contributed by atoms with Gasteiger partial charge in [-0.1, -0.05) is 89.6 Å². The summed E-state index contributed by atoms with van der Waals surface area (Å²) < 4.78 is 29.4. The van der Waals surface area contributed by atoms with E-state index < -0.39 is 17.9 Å². The van der Waals surface area contributed by atoms with Gasteiger partial charge in [-0.25, -0.2) is 13.6 Å². The molecule has 0 aliphatic carbocycles. The average Bonchev–Trinajstić information content (AvgIpc) is 3.38. The fourth-order valence-electron chi connectivity index (χ4n) is 4.15. The van der Waals surface area contributed by atoms with Crippen molar-refractivity contribution in [2.24, 2.45) is 0 Å². The zero-order valence-electron chi connectivity index (χ0n) is 21.4. The standard InChI is InChI=1S/C30H23Cl2F2N5OS/c31-21-12-15-27(23(32)17-21)39-28(37-38-30(39)41-18-20-10-13-22(33)14-11-20)26(16-19-6-2-1-3-7-19)36-29(40)35-25-9-5-4-8-24(25)34/h1-15,17,26H,16,18H2,(H2,35,36,40). The fourth-order valence-corrected chi connectivity index (χ4v) is 5.55. The molecule has 0 saturated carbocycles. The normalized spacial score (nSPS) is 11.7. The number of halogens is 4. The van der Waals surface area contributed by atoms with E-state index in [1.165, 1.54) is 36.0 Å². The van der Waals surface area contributed by atoms with Crippen LogP contribution < -0.4 is 10.6 Å². The molecule has 0 radical (unpaired) electrons. The number of anilines is 1. The van der Waals surface area contributed by atoms with Crippen molar-refractivity contribution in [1.29, 1.82) is 0 Å². The molecular weight excluding hydrogens is 587 g/mol. The van der Waals surface area contributed by atoms with E-state index in [1.54, 1.807) is 47.0 Å². The zero-order valence-corrected chi connectivity index (χ0v) is 23.7. The van der Waals surface area contributed by atoms with Gasteiger partial charge in [-0.05, 0) is 53.6 Å². The van der Waals surface area contributed by atoms with E-state index in [1.807, 2.05) is 30.3 Å². The second kappa shape index (κ2) is 13.2. The smallest absolute Gasteiger partial charge is 0.319 e. The number of amides is 2. The van der Waals surface area contributed by atoms with Gasteiger partial charge in [0.05, 0.1) is 22.4 Å². The van der Waals surface area contributed by atoms with E-state index >= 15 is 0 Å². The fraction of sp³-hybridized carbons (Fsp3) is 0.100. The number of nitrogens with one attached hydrogen (secondary N) is 2. The topological polar surface area (TPSA) is 71.8 Å². The van der Waals surface area contributed by atoms with Crippen LogP contribution in [0.3, 0.4) is 0 Å². The lowest BCUT2D eigenvalue weighted by atomic mass is 10.1. The van der Waals surface area contributed by atoms with Crippen LogP contribution in [0.15, 0.2) is 102 Å². The van der Waals surface area contributed by atoms with Gasteiger partial charge < -0.3 is 10.6 Å². The Balaban J connectivity index is 1.53. The molecule has 0 saturated heterocycles. The lowest BCUT2D eigenvalue weighted by molar-refractivity contribution is 0.247. The lowest BCUT2D eigenvalue weighted by Crippen LogP contribution is -2.35. The number of hydrogen-bond donors (Lipinski definition) is 2. The molecule has 4 aromatic carbocycles. The molecule has 1 heterocycles. The Bertz CT molecular complexity index is 1650. The van der Waals surface area contributed by atoms with Crippen LogP contribution in [0.1, 0.15) is 23.0 Å². The van der Waals surface area contributed by atoms with Crippen LogP contribution in [0.2, 0.25) is 10.0 Å². The van der Waals surface area contributed by atoms with E-state index in [2.05, 4.69) is 20.8 Å². The Kier molecular flexibility index (Phi) is 9.18. The third kappa shape index (κ3) is 7.24. The molecule has 208 valence electrons. The molecule has 1 atom stereocenters. The maximum absolute atomic E-state index is 14.3. The van der Waals surface area contributed by atoms with Crippen molar-refractivity contribution < 1.29 is 13.6 Å². The first-order chi connectivity index (χ1) is 19.9. The summed E-state index contributed by atoms with van der Waals surface area (Å²) in [6.07, 6.45) is 0.359. The van der Waals surface area contributed by atoms with Crippen LogP contribution in [0.25, 0.3) is 5.69 Å². The van der Waals surface area contributed by atoms with Gasteiger partial charge in [-0.15, -0.1) is 10.2 Å². The van der Waals surface area contributed by atoms with Crippen LogP contribution >= 0.6 is 35.0 Å². The summed E-state index contributed by atoms with van der Waals surface area (Å²) in [5.41, 5.74) is 2.42. The highest BCUT2D eigenvalue weighted by Gasteiger charge is 2.26. The van der Waals surface area contributed by atoms with Crippen molar-refractivity contribution in [2.45, 2.75) is 23.4 Å². The minimum absolute atomic E-state index is 0.0428. The monoisotopic (exact) mass is 609 g/mol. The molecule has 41 heavy (non-hydrogen) atoms. The van der Waals surface area contributed by atoms with E-state index in [4.69, 9.17) is 23.2 Å². The van der Waals surface area contributed by atoms with Crippen molar-refractivity contribution in [3.8, 4) is 5.69 Å². The minimum Gasteiger partial charge on any atom is -0.327 e. The molecule has 2 N–H and O–H groups in total. The highest BCUT2D eigenvalue weighted by Crippen LogP contribution is 2.33. The first-order valence-corrected chi connectivity index (χ1v) is 14.3. The first kappa shape index (κ1) is 28.6. The summed E-state index contributed by atoms with van der Waals surface area (Å²) >= 11 is 14.2. The molecule has 2 amide bonds. The zero-order chi connectivity index (χ0) is 28.8. The Morgan fingerprint density at radius 3 is 2.34 bits per heavy atom. The molecule has 5 aromatic rings. The molecule has 0 bridgehead atoms. The van der Waals surface area contributed by atoms with Gasteiger partial charge in [0.1, 0.15) is 11.6 Å². The number of carbonyl (C=O) groups is 1. The van der Waals surface area contributed by atoms with Gasteiger partial charge in [0.25, 0.3) is 0 Å². The SMILES string of the molecule is O=C(Nc1ccccc1F)NC(Cc1ccccc1)c1nnc(SCc2ccc(F)cc2)n1-c1ccc(Cl)cc1Cl. The molecule has 11 heteroatoms. The summed E-state index contributed by atoms with van der Waals surface area (Å²) in [6, 6.07) is 25.4. The molecule has 5 rings (SSSR count). The summed E-state index contributed by atoms with van der Waals surface area (Å²) in [4.78, 5) is 13.1. The van der Waals surface area contributed by atoms with E-state index in [9.17, 15) is 13.6 Å². The van der Waals surface area contributed by atoms with Gasteiger partial charge in [0.15, 0.2) is 11.0 Å². The average molecular weight is 611 g/mol. The van der Waals surface area contributed by atoms with Crippen LogP contribution in [0.5, 0.6) is 0 Å². The molecule has 0 aliphatic rings. The third-order valence-corrected chi connectivity index (χ3v) is 7.65. The van der Waals surface area contributed by atoms with Gasteiger partial charge in [-0.3, -0.25) is 4.57 Å². The number of rotatable bonds is 9. The highest BCUT2D eigenvalue weighted by atomic mass is 35.5. The number of para-hydroxylation sites is 1. The molecule has 1 aromatic heterocycles. The number of thioether (sulfide) groups is 1. The Labute approximate surface area is 249 Å². The number of urea groups is 1. The predicted octanol–water partition coefficient (Wildman–Crippen LogP) is 8.25. The highest BCUT2D eigenvalue weighted by molar-refractivity contribution is 7.98. The largest absolute Gasteiger partial charge is 0.327 e. The molecular formula is C30H23Cl2F2N5OS. The van der Waals surface area contributed by atoms with Gasteiger partial charge in [0.2, 0.25) is 0 Å². The van der Waals surface area contributed by atoms with Gasteiger partial charge in [-0.2, -0.15) is 0 Å². The van der Waals surface area contributed by atoms with Crippen molar-refractivity contribution in [3.63, 3.8) is 0 Å². The van der Waals surface area contributed by atoms with Crippen LogP contribution in [-0.2, 0) is 12.2 Å². The van der Waals surface area contributed by atoms with Crippen molar-refractivity contribution >= 4 is 46.7 Å². The van der Waals surface area contributed by atoms with Crippen molar-refractivity contribution in [1.82, 2.24) is 20.1 Å². The number of aromatic nitrogens is 3. The van der Waals surface area contributed by atoms with E-state index in [-0.39, 0.29) is 11.5 Å². The third-order valence-electron chi connectivity index (χ3n) is 6.11. The predicted molar refractivity (Wildman–Crippen MR) is 159 cm³/mol. The molecule has 1 unspecified atom stereocenters. The maximum Gasteiger partial charge on any atom is 0.319 e. The molecule has 0 spiro atoms. The Hall–Kier alpha value is -3.92. The van der Waals surface area contributed by atoms with E-state index in [0.717, 1.165) is 11.1 Å². The van der Waals surface area contributed by atoms with Crippen LogP contribution in [-0.4, -0.2) is 20.8 Å². The molecule has 6 nitrogen and oxygen atoms in total.